The number of nitrogens with one attached hydrogen (secondary N) is 1. The molecule has 0 fully saturated rings. The lowest BCUT2D eigenvalue weighted by Crippen LogP contribution is -2.29. The van der Waals surface area contributed by atoms with Gasteiger partial charge in [0.05, 0.1) is 16.6 Å². The summed E-state index contributed by atoms with van der Waals surface area (Å²) in [7, 11) is 0. The van der Waals surface area contributed by atoms with E-state index in [9.17, 15) is 4.79 Å². The molecule has 4 heteroatoms. The normalized spacial score (nSPS) is 11.8. The minimum Gasteiger partial charge on any atom is -0.341 e. The van der Waals surface area contributed by atoms with Crippen LogP contribution in [0.4, 0.5) is 0 Å². The van der Waals surface area contributed by atoms with Crippen LogP contribution in [0.5, 0.6) is 0 Å². The third kappa shape index (κ3) is 4.22. The second-order valence-corrected chi connectivity index (χ2v) is 6.70. The molecule has 0 spiro atoms. The van der Waals surface area contributed by atoms with E-state index in [1.54, 1.807) is 18.2 Å². The third-order valence-corrected chi connectivity index (χ3v) is 4.54. The molecule has 3 rings (SSSR count). The summed E-state index contributed by atoms with van der Waals surface area (Å²) >= 11 is 12.1. The zero-order chi connectivity index (χ0) is 17.8. The molecule has 0 heterocycles. The van der Waals surface area contributed by atoms with E-state index >= 15 is 0 Å². The Hall–Kier alpha value is -2.29. The summed E-state index contributed by atoms with van der Waals surface area (Å²) in [5.74, 6) is -0.240. The van der Waals surface area contributed by atoms with Gasteiger partial charge in [-0.3, -0.25) is 4.79 Å². The van der Waals surface area contributed by atoms with Gasteiger partial charge in [0.25, 0.3) is 5.91 Å². The van der Waals surface area contributed by atoms with E-state index in [-0.39, 0.29) is 11.9 Å². The predicted octanol–water partition coefficient (Wildman–Crippen LogP) is 5.82. The molecule has 3 aromatic rings. The monoisotopic (exact) mass is 369 g/mol. The fraction of sp³-hybridized carbons (Fsp3) is 0.0952. The van der Waals surface area contributed by atoms with E-state index in [1.807, 2.05) is 61.5 Å². The number of hydrogen-bond acceptors (Lipinski definition) is 1. The molecule has 2 nitrogen and oxygen atoms in total. The van der Waals surface area contributed by atoms with E-state index in [0.29, 0.717) is 15.6 Å². The van der Waals surface area contributed by atoms with Crippen LogP contribution in [0.2, 0.25) is 10.0 Å². The molecule has 0 saturated heterocycles. The van der Waals surface area contributed by atoms with Gasteiger partial charge in [0.1, 0.15) is 0 Å². The number of hydrogen-bond donors (Lipinski definition) is 1. The number of carbonyl (C=O) groups excluding carboxylic acids is 1. The van der Waals surface area contributed by atoms with Gasteiger partial charge in [0, 0.05) is 5.02 Å². The van der Waals surface area contributed by atoms with Crippen LogP contribution in [-0.2, 0) is 0 Å². The summed E-state index contributed by atoms with van der Waals surface area (Å²) in [6.45, 7) is 2.04. The largest absolute Gasteiger partial charge is 0.341 e. The molecule has 0 aliphatic heterocycles. The molecule has 0 radical (unpaired) electrons. The smallest absolute Gasteiger partial charge is 0.253 e. The van der Waals surface area contributed by atoms with Crippen molar-refractivity contribution in [3.05, 3.63) is 105 Å². The van der Waals surface area contributed by atoms with Gasteiger partial charge in [-0.25, -0.2) is 0 Å². The molecule has 0 bridgehead atoms. The summed E-state index contributed by atoms with van der Waals surface area (Å²) in [5, 5.41) is 3.91. The first-order valence-electron chi connectivity index (χ1n) is 7.92. The number of carbonyl (C=O) groups is 1. The first kappa shape index (κ1) is 17.5. The zero-order valence-electron chi connectivity index (χ0n) is 13.7. The van der Waals surface area contributed by atoms with Crippen LogP contribution in [0.25, 0.3) is 0 Å². The van der Waals surface area contributed by atoms with Crippen molar-refractivity contribution in [1.82, 2.24) is 5.32 Å². The number of rotatable bonds is 4. The Morgan fingerprint density at radius 1 is 0.880 bits per heavy atom. The van der Waals surface area contributed by atoms with Crippen LogP contribution >= 0.6 is 23.2 Å². The average molecular weight is 370 g/mol. The number of aryl methyl sites for hydroxylation is 1. The highest BCUT2D eigenvalue weighted by Gasteiger charge is 2.19. The van der Waals surface area contributed by atoms with Gasteiger partial charge in [0.2, 0.25) is 0 Å². The number of amides is 1. The number of halogens is 2. The topological polar surface area (TPSA) is 29.1 Å². The van der Waals surface area contributed by atoms with Crippen molar-refractivity contribution in [3.8, 4) is 0 Å². The van der Waals surface area contributed by atoms with Gasteiger partial charge in [-0.15, -0.1) is 0 Å². The Morgan fingerprint density at radius 2 is 1.52 bits per heavy atom. The van der Waals surface area contributed by atoms with Gasteiger partial charge < -0.3 is 5.32 Å². The fourth-order valence-electron chi connectivity index (χ4n) is 2.65. The zero-order valence-corrected chi connectivity index (χ0v) is 15.2. The second kappa shape index (κ2) is 7.73. The molecular formula is C21H17Cl2NO. The highest BCUT2D eigenvalue weighted by Crippen LogP contribution is 2.25. The first-order chi connectivity index (χ1) is 12.0. The van der Waals surface area contributed by atoms with Crippen LogP contribution in [0.1, 0.15) is 33.1 Å². The van der Waals surface area contributed by atoms with Crippen LogP contribution in [0, 0.1) is 6.92 Å². The predicted molar refractivity (Wildman–Crippen MR) is 103 cm³/mol. The minimum atomic E-state index is -0.263. The van der Waals surface area contributed by atoms with Crippen LogP contribution in [0.3, 0.4) is 0 Å². The fourth-order valence-corrected chi connectivity index (χ4v) is 3.14. The van der Waals surface area contributed by atoms with Crippen molar-refractivity contribution in [2.45, 2.75) is 13.0 Å². The SMILES string of the molecule is Cc1ccc(C(NC(=O)c2ccc(Cl)cc2Cl)c2ccccc2)cc1. The van der Waals surface area contributed by atoms with E-state index < -0.39 is 0 Å². The van der Waals surface area contributed by atoms with Crippen molar-refractivity contribution >= 4 is 29.1 Å². The van der Waals surface area contributed by atoms with E-state index in [2.05, 4.69) is 5.32 Å². The lowest BCUT2D eigenvalue weighted by Gasteiger charge is -2.20. The second-order valence-electron chi connectivity index (χ2n) is 5.85. The van der Waals surface area contributed by atoms with Crippen LogP contribution in [-0.4, -0.2) is 5.91 Å². The van der Waals surface area contributed by atoms with E-state index in [4.69, 9.17) is 23.2 Å². The summed E-state index contributed by atoms with van der Waals surface area (Å²) in [4.78, 5) is 12.8. The van der Waals surface area contributed by atoms with Gasteiger partial charge in [-0.05, 0) is 36.2 Å². The van der Waals surface area contributed by atoms with E-state index in [1.165, 1.54) is 5.56 Å². The molecule has 0 saturated carbocycles. The van der Waals surface area contributed by atoms with Crippen molar-refractivity contribution in [2.75, 3.05) is 0 Å². The Balaban J connectivity index is 1.95. The van der Waals surface area contributed by atoms with Crippen molar-refractivity contribution in [3.63, 3.8) is 0 Å². The standard InChI is InChI=1S/C21H17Cl2NO/c1-14-7-9-16(10-8-14)20(15-5-3-2-4-6-15)24-21(25)18-12-11-17(22)13-19(18)23/h2-13,20H,1H3,(H,24,25). The Bertz CT molecular complexity index is 876. The molecule has 0 aliphatic carbocycles. The maximum absolute atomic E-state index is 12.8. The summed E-state index contributed by atoms with van der Waals surface area (Å²) in [6.07, 6.45) is 0. The molecular weight excluding hydrogens is 353 g/mol. The minimum absolute atomic E-state index is 0.240. The Kier molecular flexibility index (Phi) is 5.42. The molecule has 25 heavy (non-hydrogen) atoms. The molecule has 1 amide bonds. The molecule has 0 aliphatic rings. The average Bonchev–Trinajstić information content (AvgIpc) is 2.61. The van der Waals surface area contributed by atoms with Crippen LogP contribution in [0.15, 0.2) is 72.8 Å². The maximum atomic E-state index is 12.8. The molecule has 126 valence electrons. The number of benzene rings is 3. The van der Waals surface area contributed by atoms with Gasteiger partial charge in [0.15, 0.2) is 0 Å². The Morgan fingerprint density at radius 3 is 2.16 bits per heavy atom. The quantitative estimate of drug-likeness (QED) is 0.616. The Labute approximate surface area is 157 Å². The maximum Gasteiger partial charge on any atom is 0.253 e. The highest BCUT2D eigenvalue weighted by molar-refractivity contribution is 6.36. The first-order valence-corrected chi connectivity index (χ1v) is 8.67. The summed E-state index contributed by atoms with van der Waals surface area (Å²) in [5.41, 5.74) is 3.58. The molecule has 3 aromatic carbocycles. The lowest BCUT2D eigenvalue weighted by atomic mass is 9.97. The molecule has 1 atom stereocenters. The van der Waals surface area contributed by atoms with Gasteiger partial charge in [-0.1, -0.05) is 83.4 Å². The van der Waals surface area contributed by atoms with Crippen LogP contribution < -0.4 is 5.32 Å². The van der Waals surface area contributed by atoms with E-state index in [0.717, 1.165) is 11.1 Å². The molecule has 1 N–H and O–H groups in total. The van der Waals surface area contributed by atoms with Crippen molar-refractivity contribution in [2.24, 2.45) is 0 Å². The highest BCUT2D eigenvalue weighted by atomic mass is 35.5. The van der Waals surface area contributed by atoms with Crippen molar-refractivity contribution < 1.29 is 4.79 Å². The molecule has 0 aromatic heterocycles. The summed E-state index contributed by atoms with van der Waals surface area (Å²) < 4.78 is 0. The summed E-state index contributed by atoms with van der Waals surface area (Å²) in [6, 6.07) is 22.6. The lowest BCUT2D eigenvalue weighted by molar-refractivity contribution is 0.0943. The molecule has 1 unspecified atom stereocenters. The van der Waals surface area contributed by atoms with Gasteiger partial charge in [-0.2, -0.15) is 0 Å². The van der Waals surface area contributed by atoms with Crippen molar-refractivity contribution in [1.29, 1.82) is 0 Å². The third-order valence-electron chi connectivity index (χ3n) is 3.99. The van der Waals surface area contributed by atoms with Gasteiger partial charge >= 0.3 is 0 Å².